The van der Waals surface area contributed by atoms with E-state index < -0.39 is 0 Å². The number of nitrogens with zero attached hydrogens (tertiary/aromatic N) is 3. The second-order valence-corrected chi connectivity index (χ2v) is 3.14. The molecule has 0 N–H and O–H groups in total. The molecule has 3 heteroatoms. The first kappa shape index (κ1) is 8.81. The topological polar surface area (TPSA) is 38.7 Å². The predicted octanol–water partition coefficient (Wildman–Crippen LogP) is 1.77. The standard InChI is InChI=1S/C11H11N3/c1-9-13-7-10(8-14-9)6-11-4-2-3-5-12-11/h2-5,7-8H,6H2,1H3. The van der Waals surface area contributed by atoms with Crippen molar-refractivity contribution in [1.29, 1.82) is 0 Å². The maximum Gasteiger partial charge on any atom is 0.125 e. The Bertz CT molecular complexity index is 395. The molecule has 0 aliphatic heterocycles. The lowest BCUT2D eigenvalue weighted by Crippen LogP contribution is -1.94. The molecule has 2 aromatic rings. The summed E-state index contributed by atoms with van der Waals surface area (Å²) >= 11 is 0. The van der Waals surface area contributed by atoms with E-state index in [-0.39, 0.29) is 0 Å². The summed E-state index contributed by atoms with van der Waals surface area (Å²) in [4.78, 5) is 12.5. The molecule has 3 nitrogen and oxygen atoms in total. The van der Waals surface area contributed by atoms with Crippen molar-refractivity contribution >= 4 is 0 Å². The Morgan fingerprint density at radius 2 is 1.86 bits per heavy atom. The number of aryl methyl sites for hydroxylation is 1. The number of hydrogen-bond acceptors (Lipinski definition) is 3. The third-order valence-corrected chi connectivity index (χ3v) is 1.95. The Balaban J connectivity index is 2.16. The smallest absolute Gasteiger partial charge is 0.125 e. The minimum Gasteiger partial charge on any atom is -0.261 e. The van der Waals surface area contributed by atoms with Gasteiger partial charge in [-0.15, -0.1) is 0 Å². The van der Waals surface area contributed by atoms with Crippen LogP contribution in [0.1, 0.15) is 17.1 Å². The van der Waals surface area contributed by atoms with Gasteiger partial charge in [-0.05, 0) is 24.6 Å². The third kappa shape index (κ3) is 2.13. The zero-order valence-corrected chi connectivity index (χ0v) is 8.01. The quantitative estimate of drug-likeness (QED) is 0.715. The van der Waals surface area contributed by atoms with Gasteiger partial charge in [-0.3, -0.25) is 4.98 Å². The number of rotatable bonds is 2. The molecular formula is C11H11N3. The summed E-state index contributed by atoms with van der Waals surface area (Å²) in [7, 11) is 0. The van der Waals surface area contributed by atoms with Gasteiger partial charge in [0, 0.05) is 30.7 Å². The summed E-state index contributed by atoms with van der Waals surface area (Å²) in [6.07, 6.45) is 6.28. The third-order valence-electron chi connectivity index (χ3n) is 1.95. The van der Waals surface area contributed by atoms with E-state index in [1.54, 1.807) is 6.20 Å². The highest BCUT2D eigenvalue weighted by Crippen LogP contribution is 2.03. The fraction of sp³-hybridized carbons (Fsp3) is 0.182. The molecule has 0 unspecified atom stereocenters. The molecular weight excluding hydrogens is 174 g/mol. The lowest BCUT2D eigenvalue weighted by molar-refractivity contribution is 0.982. The minimum atomic E-state index is 0.793. The molecule has 0 amide bonds. The van der Waals surface area contributed by atoms with Crippen molar-refractivity contribution in [3.05, 3.63) is 53.9 Å². The van der Waals surface area contributed by atoms with Gasteiger partial charge in [0.1, 0.15) is 5.82 Å². The lowest BCUT2D eigenvalue weighted by atomic mass is 10.2. The van der Waals surface area contributed by atoms with Crippen LogP contribution in [0.15, 0.2) is 36.8 Å². The highest BCUT2D eigenvalue weighted by molar-refractivity contribution is 5.16. The summed E-state index contributed by atoms with van der Waals surface area (Å²) in [5.74, 6) is 0.801. The summed E-state index contributed by atoms with van der Waals surface area (Å²) in [6, 6.07) is 5.90. The SMILES string of the molecule is Cc1ncc(Cc2ccccn2)cn1. The first-order chi connectivity index (χ1) is 6.84. The van der Waals surface area contributed by atoms with Crippen LogP contribution in [0.3, 0.4) is 0 Å². The predicted molar refractivity (Wildman–Crippen MR) is 53.8 cm³/mol. The first-order valence-corrected chi connectivity index (χ1v) is 4.52. The fourth-order valence-electron chi connectivity index (χ4n) is 1.22. The van der Waals surface area contributed by atoms with E-state index in [1.165, 1.54) is 0 Å². The van der Waals surface area contributed by atoms with Gasteiger partial charge in [0.05, 0.1) is 0 Å². The van der Waals surface area contributed by atoms with Crippen LogP contribution < -0.4 is 0 Å². The molecule has 0 atom stereocenters. The summed E-state index contributed by atoms with van der Waals surface area (Å²) in [5.41, 5.74) is 2.13. The molecule has 0 bridgehead atoms. The van der Waals surface area contributed by atoms with Crippen LogP contribution >= 0.6 is 0 Å². The summed E-state index contributed by atoms with van der Waals surface area (Å²) in [6.45, 7) is 1.88. The Morgan fingerprint density at radius 3 is 2.50 bits per heavy atom. The number of pyridine rings is 1. The largest absolute Gasteiger partial charge is 0.261 e. The van der Waals surface area contributed by atoms with Gasteiger partial charge in [0.15, 0.2) is 0 Å². The molecule has 0 radical (unpaired) electrons. The molecule has 0 aliphatic rings. The van der Waals surface area contributed by atoms with Crippen molar-refractivity contribution in [2.45, 2.75) is 13.3 Å². The van der Waals surface area contributed by atoms with Crippen LogP contribution in [0.4, 0.5) is 0 Å². The van der Waals surface area contributed by atoms with E-state index in [2.05, 4.69) is 15.0 Å². The Labute approximate surface area is 82.9 Å². The number of aromatic nitrogens is 3. The zero-order valence-electron chi connectivity index (χ0n) is 8.01. The fourth-order valence-corrected chi connectivity index (χ4v) is 1.22. The van der Waals surface area contributed by atoms with Gasteiger partial charge >= 0.3 is 0 Å². The van der Waals surface area contributed by atoms with E-state index in [0.29, 0.717) is 0 Å². The van der Waals surface area contributed by atoms with Crippen molar-refractivity contribution in [3.8, 4) is 0 Å². The minimum absolute atomic E-state index is 0.793. The molecule has 2 heterocycles. The van der Waals surface area contributed by atoms with E-state index in [0.717, 1.165) is 23.5 Å². The van der Waals surface area contributed by atoms with Crippen LogP contribution in [-0.2, 0) is 6.42 Å². The molecule has 0 fully saturated rings. The first-order valence-electron chi connectivity index (χ1n) is 4.52. The van der Waals surface area contributed by atoms with Crippen LogP contribution in [0.2, 0.25) is 0 Å². The highest BCUT2D eigenvalue weighted by Gasteiger charge is 1.97. The lowest BCUT2D eigenvalue weighted by Gasteiger charge is -1.99. The van der Waals surface area contributed by atoms with Crippen LogP contribution in [0.5, 0.6) is 0 Å². The maximum atomic E-state index is 4.24. The van der Waals surface area contributed by atoms with Crippen LogP contribution in [0.25, 0.3) is 0 Å². The molecule has 0 aromatic carbocycles. The van der Waals surface area contributed by atoms with Crippen molar-refractivity contribution in [2.75, 3.05) is 0 Å². The van der Waals surface area contributed by atoms with E-state index in [9.17, 15) is 0 Å². The van der Waals surface area contributed by atoms with Crippen LogP contribution in [-0.4, -0.2) is 15.0 Å². The average molecular weight is 185 g/mol. The monoisotopic (exact) mass is 185 g/mol. The second-order valence-electron chi connectivity index (χ2n) is 3.14. The molecule has 0 aliphatic carbocycles. The molecule has 14 heavy (non-hydrogen) atoms. The Morgan fingerprint density at radius 1 is 1.07 bits per heavy atom. The van der Waals surface area contributed by atoms with Gasteiger partial charge in [0.25, 0.3) is 0 Å². The molecule has 0 saturated heterocycles. The van der Waals surface area contributed by atoms with E-state index >= 15 is 0 Å². The van der Waals surface area contributed by atoms with Crippen LogP contribution in [0, 0.1) is 6.92 Å². The van der Waals surface area contributed by atoms with Crippen molar-refractivity contribution in [1.82, 2.24) is 15.0 Å². The molecule has 70 valence electrons. The summed E-state index contributed by atoms with van der Waals surface area (Å²) < 4.78 is 0. The van der Waals surface area contributed by atoms with Gasteiger partial charge in [-0.25, -0.2) is 9.97 Å². The van der Waals surface area contributed by atoms with Gasteiger partial charge in [0.2, 0.25) is 0 Å². The van der Waals surface area contributed by atoms with Gasteiger partial charge in [-0.1, -0.05) is 6.07 Å². The maximum absolute atomic E-state index is 4.24. The van der Waals surface area contributed by atoms with E-state index in [4.69, 9.17) is 0 Å². The molecule has 2 rings (SSSR count). The van der Waals surface area contributed by atoms with E-state index in [1.807, 2.05) is 37.5 Å². The Kier molecular flexibility index (Phi) is 2.49. The van der Waals surface area contributed by atoms with Gasteiger partial charge < -0.3 is 0 Å². The highest BCUT2D eigenvalue weighted by atomic mass is 14.8. The van der Waals surface area contributed by atoms with Crippen molar-refractivity contribution in [2.24, 2.45) is 0 Å². The number of hydrogen-bond donors (Lipinski definition) is 0. The molecule has 0 saturated carbocycles. The normalized spacial score (nSPS) is 10.1. The molecule has 2 aromatic heterocycles. The Hall–Kier alpha value is -1.77. The average Bonchev–Trinajstić information content (AvgIpc) is 2.23. The second kappa shape index (κ2) is 3.96. The zero-order chi connectivity index (χ0) is 9.80. The van der Waals surface area contributed by atoms with Gasteiger partial charge in [-0.2, -0.15) is 0 Å². The van der Waals surface area contributed by atoms with Crippen molar-refractivity contribution < 1.29 is 0 Å². The van der Waals surface area contributed by atoms with Crippen molar-refractivity contribution in [3.63, 3.8) is 0 Å². The molecule has 0 spiro atoms. The summed E-state index contributed by atoms with van der Waals surface area (Å²) in [5, 5.41) is 0.